The summed E-state index contributed by atoms with van der Waals surface area (Å²) in [5.74, 6) is 0.958. The molecule has 1 aromatic rings. The molecule has 0 bridgehead atoms. The lowest BCUT2D eigenvalue weighted by Gasteiger charge is -2.30. The Labute approximate surface area is 107 Å². The van der Waals surface area contributed by atoms with Crippen LogP contribution in [0.2, 0.25) is 0 Å². The molecule has 3 nitrogen and oxygen atoms in total. The minimum atomic E-state index is 0.296. The number of nitrogens with zero attached hydrogens (tertiary/aromatic N) is 2. The van der Waals surface area contributed by atoms with Gasteiger partial charge in [0.1, 0.15) is 0 Å². The van der Waals surface area contributed by atoms with E-state index in [2.05, 4.69) is 11.9 Å². The van der Waals surface area contributed by atoms with Crippen LogP contribution in [0.25, 0.3) is 0 Å². The zero-order valence-corrected chi connectivity index (χ0v) is 11.4. The Hall–Kier alpha value is -0.900. The van der Waals surface area contributed by atoms with Gasteiger partial charge in [0, 0.05) is 37.0 Å². The molecule has 2 rings (SSSR count). The highest BCUT2D eigenvalue weighted by Gasteiger charge is 2.20. The summed E-state index contributed by atoms with van der Waals surface area (Å²) >= 11 is 1.66. The molecule has 17 heavy (non-hydrogen) atoms. The third kappa shape index (κ3) is 3.53. The van der Waals surface area contributed by atoms with Gasteiger partial charge in [-0.25, -0.2) is 4.98 Å². The molecule has 1 fully saturated rings. The van der Waals surface area contributed by atoms with E-state index in [0.29, 0.717) is 18.2 Å². The summed E-state index contributed by atoms with van der Waals surface area (Å²) in [6.45, 7) is 6.10. The van der Waals surface area contributed by atoms with Gasteiger partial charge in [0.2, 0.25) is 5.91 Å². The molecule has 0 spiro atoms. The molecule has 0 radical (unpaired) electrons. The molecular weight excluding hydrogens is 232 g/mol. The SMILES string of the molecule is Cc1csc(CCC(=O)N2CCCC(C)C2)n1. The molecule has 1 unspecified atom stereocenters. The number of aromatic nitrogens is 1. The molecule has 1 saturated heterocycles. The summed E-state index contributed by atoms with van der Waals surface area (Å²) in [6.07, 6.45) is 3.82. The molecule has 0 aromatic carbocycles. The van der Waals surface area contributed by atoms with Gasteiger partial charge in [0.05, 0.1) is 5.01 Å². The van der Waals surface area contributed by atoms with Crippen molar-refractivity contribution < 1.29 is 4.79 Å². The second-order valence-electron chi connectivity index (χ2n) is 4.97. The van der Waals surface area contributed by atoms with Gasteiger partial charge in [0.25, 0.3) is 0 Å². The van der Waals surface area contributed by atoms with E-state index in [9.17, 15) is 4.79 Å². The van der Waals surface area contributed by atoms with Crippen LogP contribution in [-0.4, -0.2) is 28.9 Å². The van der Waals surface area contributed by atoms with Crippen LogP contribution in [0, 0.1) is 12.8 Å². The van der Waals surface area contributed by atoms with Gasteiger partial charge in [-0.1, -0.05) is 6.92 Å². The summed E-state index contributed by atoms with van der Waals surface area (Å²) < 4.78 is 0. The van der Waals surface area contributed by atoms with Crippen molar-refractivity contribution in [2.45, 2.75) is 39.5 Å². The van der Waals surface area contributed by atoms with Crippen molar-refractivity contribution >= 4 is 17.2 Å². The molecule has 4 heteroatoms. The van der Waals surface area contributed by atoms with Crippen LogP contribution in [-0.2, 0) is 11.2 Å². The zero-order valence-electron chi connectivity index (χ0n) is 10.6. The van der Waals surface area contributed by atoms with E-state index in [1.807, 2.05) is 17.2 Å². The van der Waals surface area contributed by atoms with E-state index in [0.717, 1.165) is 36.6 Å². The van der Waals surface area contributed by atoms with Crippen molar-refractivity contribution in [2.75, 3.05) is 13.1 Å². The van der Waals surface area contributed by atoms with Crippen molar-refractivity contribution in [1.29, 1.82) is 0 Å². The highest BCUT2D eigenvalue weighted by atomic mass is 32.1. The third-order valence-corrected chi connectivity index (χ3v) is 4.26. The van der Waals surface area contributed by atoms with E-state index in [-0.39, 0.29) is 0 Å². The first-order valence-electron chi connectivity index (χ1n) is 6.34. The fourth-order valence-electron chi connectivity index (χ4n) is 2.31. The molecule has 1 atom stereocenters. The Morgan fingerprint density at radius 2 is 2.47 bits per heavy atom. The van der Waals surface area contributed by atoms with Gasteiger partial charge >= 0.3 is 0 Å². The van der Waals surface area contributed by atoms with Crippen molar-refractivity contribution in [1.82, 2.24) is 9.88 Å². The monoisotopic (exact) mass is 252 g/mol. The quantitative estimate of drug-likeness (QED) is 0.828. The van der Waals surface area contributed by atoms with E-state index in [1.54, 1.807) is 11.3 Å². The minimum absolute atomic E-state index is 0.296. The van der Waals surface area contributed by atoms with Gasteiger partial charge < -0.3 is 4.90 Å². The number of hydrogen-bond acceptors (Lipinski definition) is 3. The summed E-state index contributed by atoms with van der Waals surface area (Å²) in [7, 11) is 0. The molecule has 1 aliphatic heterocycles. The third-order valence-electron chi connectivity index (χ3n) is 3.23. The molecule has 0 aliphatic carbocycles. The average Bonchev–Trinajstić information content (AvgIpc) is 2.72. The summed E-state index contributed by atoms with van der Waals surface area (Å²) in [5, 5.41) is 3.13. The van der Waals surface area contributed by atoms with Gasteiger partial charge in [-0.3, -0.25) is 4.79 Å². The maximum absolute atomic E-state index is 12.0. The van der Waals surface area contributed by atoms with Crippen molar-refractivity contribution in [3.05, 3.63) is 16.1 Å². The maximum Gasteiger partial charge on any atom is 0.222 e. The number of piperidine rings is 1. The molecule has 1 amide bonds. The van der Waals surface area contributed by atoms with E-state index in [1.165, 1.54) is 6.42 Å². The number of rotatable bonds is 3. The molecular formula is C13H20N2OS. The van der Waals surface area contributed by atoms with Gasteiger partial charge in [-0.2, -0.15) is 0 Å². The van der Waals surface area contributed by atoms with Crippen molar-refractivity contribution in [3.8, 4) is 0 Å². The van der Waals surface area contributed by atoms with Gasteiger partial charge in [0.15, 0.2) is 0 Å². The maximum atomic E-state index is 12.0. The second-order valence-corrected chi connectivity index (χ2v) is 5.91. The lowest BCUT2D eigenvalue weighted by atomic mass is 10.00. The lowest BCUT2D eigenvalue weighted by molar-refractivity contribution is -0.132. The smallest absolute Gasteiger partial charge is 0.222 e. The Morgan fingerprint density at radius 3 is 3.12 bits per heavy atom. The predicted molar refractivity (Wildman–Crippen MR) is 70.2 cm³/mol. The number of carbonyl (C=O) groups excluding carboxylic acids is 1. The Morgan fingerprint density at radius 1 is 1.65 bits per heavy atom. The van der Waals surface area contributed by atoms with Crippen LogP contribution >= 0.6 is 11.3 Å². The van der Waals surface area contributed by atoms with Crippen LogP contribution < -0.4 is 0 Å². The van der Waals surface area contributed by atoms with Crippen LogP contribution in [0.4, 0.5) is 0 Å². The number of likely N-dealkylation sites (tertiary alicyclic amines) is 1. The highest BCUT2D eigenvalue weighted by Crippen LogP contribution is 2.17. The van der Waals surface area contributed by atoms with Crippen LogP contribution in [0.15, 0.2) is 5.38 Å². The summed E-state index contributed by atoms with van der Waals surface area (Å²) in [4.78, 5) is 18.4. The van der Waals surface area contributed by atoms with E-state index >= 15 is 0 Å². The Bertz CT molecular complexity index is 389. The highest BCUT2D eigenvalue weighted by molar-refractivity contribution is 7.09. The largest absolute Gasteiger partial charge is 0.342 e. The first-order chi connectivity index (χ1) is 8.15. The number of thiazole rings is 1. The summed E-state index contributed by atoms with van der Waals surface area (Å²) in [6, 6.07) is 0. The standard InChI is InChI=1S/C13H20N2OS/c1-10-4-3-7-15(8-10)13(16)6-5-12-14-11(2)9-17-12/h9-10H,3-8H2,1-2H3. The fraction of sp³-hybridized carbons (Fsp3) is 0.692. The first kappa shape index (κ1) is 12.6. The first-order valence-corrected chi connectivity index (χ1v) is 7.22. The Balaban J connectivity index is 1.80. The average molecular weight is 252 g/mol. The lowest BCUT2D eigenvalue weighted by Crippen LogP contribution is -2.39. The second kappa shape index (κ2) is 5.63. The van der Waals surface area contributed by atoms with Crippen molar-refractivity contribution in [2.24, 2.45) is 5.92 Å². The van der Waals surface area contributed by atoms with Gasteiger partial charge in [-0.05, 0) is 25.7 Å². The number of amides is 1. The molecule has 1 aliphatic rings. The van der Waals surface area contributed by atoms with Crippen molar-refractivity contribution in [3.63, 3.8) is 0 Å². The van der Waals surface area contributed by atoms with E-state index < -0.39 is 0 Å². The zero-order chi connectivity index (χ0) is 12.3. The molecule has 0 N–H and O–H groups in total. The molecule has 0 saturated carbocycles. The number of carbonyl (C=O) groups is 1. The normalized spacial score (nSPS) is 20.6. The fourth-order valence-corrected chi connectivity index (χ4v) is 3.08. The molecule has 1 aromatic heterocycles. The summed E-state index contributed by atoms with van der Waals surface area (Å²) in [5.41, 5.74) is 1.06. The number of aryl methyl sites for hydroxylation is 2. The minimum Gasteiger partial charge on any atom is -0.342 e. The van der Waals surface area contributed by atoms with Crippen LogP contribution in [0.5, 0.6) is 0 Å². The number of hydrogen-bond donors (Lipinski definition) is 0. The Kier molecular flexibility index (Phi) is 4.15. The topological polar surface area (TPSA) is 33.2 Å². The van der Waals surface area contributed by atoms with Gasteiger partial charge in [-0.15, -0.1) is 11.3 Å². The van der Waals surface area contributed by atoms with Crippen LogP contribution in [0.1, 0.15) is 36.9 Å². The molecule has 94 valence electrons. The predicted octanol–water partition coefficient (Wildman–Crippen LogP) is 2.64. The van der Waals surface area contributed by atoms with E-state index in [4.69, 9.17) is 0 Å². The molecule has 2 heterocycles. The van der Waals surface area contributed by atoms with Crippen LogP contribution in [0.3, 0.4) is 0 Å².